The van der Waals surface area contributed by atoms with Gasteiger partial charge in [-0.1, -0.05) is 54.6 Å². The van der Waals surface area contributed by atoms with Crippen LogP contribution in [0.15, 0.2) is 54.6 Å². The molecule has 0 unspecified atom stereocenters. The molecule has 0 fully saturated rings. The molecule has 0 radical (unpaired) electrons. The smallest absolute Gasteiger partial charge is 0.235 e. The molecular weight excluding hydrogens is 300 g/mol. The third-order valence-corrected chi connectivity index (χ3v) is 4.13. The van der Waals surface area contributed by atoms with Gasteiger partial charge in [-0.05, 0) is 37.5 Å². The summed E-state index contributed by atoms with van der Waals surface area (Å²) in [6, 6.07) is 17.5. The van der Waals surface area contributed by atoms with E-state index < -0.39 is 5.41 Å². The Labute approximate surface area is 143 Å². The maximum absolute atomic E-state index is 12.4. The molecule has 0 spiro atoms. The van der Waals surface area contributed by atoms with Crippen LogP contribution in [0.4, 0.5) is 0 Å². The minimum atomic E-state index is -1.13. The molecule has 126 valence electrons. The average Bonchev–Trinajstić information content (AvgIpc) is 2.59. The predicted octanol–water partition coefficient (Wildman–Crippen LogP) is 2.95. The second-order valence-corrected chi connectivity index (χ2v) is 6.40. The SMILES string of the molecule is Cc1ccccc1CNC(=O)C(C)(C)C(=O)NCc1ccccc1. The van der Waals surface area contributed by atoms with Crippen molar-refractivity contribution in [3.05, 3.63) is 71.3 Å². The van der Waals surface area contributed by atoms with E-state index in [0.29, 0.717) is 13.1 Å². The Balaban J connectivity index is 1.91. The molecule has 0 aromatic heterocycles. The van der Waals surface area contributed by atoms with E-state index in [0.717, 1.165) is 16.7 Å². The van der Waals surface area contributed by atoms with Crippen LogP contribution in [0.3, 0.4) is 0 Å². The molecule has 0 saturated heterocycles. The van der Waals surface area contributed by atoms with Gasteiger partial charge in [0.05, 0.1) is 0 Å². The summed E-state index contributed by atoms with van der Waals surface area (Å²) in [6.45, 7) is 6.11. The summed E-state index contributed by atoms with van der Waals surface area (Å²) in [6.07, 6.45) is 0. The van der Waals surface area contributed by atoms with E-state index >= 15 is 0 Å². The Kier molecular flexibility index (Phi) is 5.74. The summed E-state index contributed by atoms with van der Waals surface area (Å²) in [5, 5.41) is 5.69. The first-order valence-electron chi connectivity index (χ1n) is 8.06. The number of aryl methyl sites for hydroxylation is 1. The Hall–Kier alpha value is -2.62. The van der Waals surface area contributed by atoms with Crippen molar-refractivity contribution in [3.63, 3.8) is 0 Å². The topological polar surface area (TPSA) is 58.2 Å². The molecule has 2 amide bonds. The average molecular weight is 324 g/mol. The van der Waals surface area contributed by atoms with Gasteiger partial charge in [-0.15, -0.1) is 0 Å². The standard InChI is InChI=1S/C20H24N2O2/c1-15-9-7-8-12-17(15)14-22-19(24)20(2,3)18(23)21-13-16-10-5-4-6-11-16/h4-12H,13-14H2,1-3H3,(H,21,23)(H,22,24). The molecule has 0 aliphatic rings. The van der Waals surface area contributed by atoms with Crippen LogP contribution in [0.1, 0.15) is 30.5 Å². The molecule has 0 aliphatic heterocycles. The molecule has 0 aliphatic carbocycles. The van der Waals surface area contributed by atoms with Crippen LogP contribution in [-0.4, -0.2) is 11.8 Å². The summed E-state index contributed by atoms with van der Waals surface area (Å²) in [4.78, 5) is 24.8. The van der Waals surface area contributed by atoms with Crippen LogP contribution in [-0.2, 0) is 22.7 Å². The first-order valence-corrected chi connectivity index (χ1v) is 8.06. The molecule has 2 N–H and O–H groups in total. The number of amides is 2. The van der Waals surface area contributed by atoms with Crippen molar-refractivity contribution in [3.8, 4) is 0 Å². The van der Waals surface area contributed by atoms with E-state index in [1.165, 1.54) is 0 Å². The highest BCUT2D eigenvalue weighted by Gasteiger charge is 2.35. The van der Waals surface area contributed by atoms with Gasteiger partial charge in [0.15, 0.2) is 0 Å². The highest BCUT2D eigenvalue weighted by atomic mass is 16.2. The third-order valence-electron chi connectivity index (χ3n) is 4.13. The van der Waals surface area contributed by atoms with Crippen LogP contribution >= 0.6 is 0 Å². The third kappa shape index (κ3) is 4.44. The van der Waals surface area contributed by atoms with Crippen molar-refractivity contribution >= 4 is 11.8 Å². The minimum absolute atomic E-state index is 0.281. The number of hydrogen-bond donors (Lipinski definition) is 2. The normalized spacial score (nSPS) is 11.0. The first kappa shape index (κ1) is 17.7. The fourth-order valence-electron chi connectivity index (χ4n) is 2.31. The second kappa shape index (κ2) is 7.77. The molecule has 2 aromatic carbocycles. The summed E-state index contributed by atoms with van der Waals surface area (Å²) in [5.41, 5.74) is 2.04. The molecule has 0 atom stereocenters. The van der Waals surface area contributed by atoms with E-state index in [4.69, 9.17) is 0 Å². The lowest BCUT2D eigenvalue weighted by molar-refractivity contribution is -0.141. The summed E-state index contributed by atoms with van der Waals surface area (Å²) < 4.78 is 0. The summed E-state index contributed by atoms with van der Waals surface area (Å²) in [7, 11) is 0. The van der Waals surface area contributed by atoms with Gasteiger partial charge in [0, 0.05) is 13.1 Å². The van der Waals surface area contributed by atoms with Crippen LogP contribution in [0.5, 0.6) is 0 Å². The fraction of sp³-hybridized carbons (Fsp3) is 0.300. The van der Waals surface area contributed by atoms with E-state index in [2.05, 4.69) is 10.6 Å². The number of benzene rings is 2. The van der Waals surface area contributed by atoms with E-state index in [1.807, 2.05) is 61.5 Å². The zero-order valence-corrected chi connectivity index (χ0v) is 14.4. The maximum Gasteiger partial charge on any atom is 0.235 e. The van der Waals surface area contributed by atoms with Crippen molar-refractivity contribution < 1.29 is 9.59 Å². The number of rotatable bonds is 6. The molecule has 0 heterocycles. The number of carbonyl (C=O) groups is 2. The molecule has 24 heavy (non-hydrogen) atoms. The predicted molar refractivity (Wildman–Crippen MR) is 95.1 cm³/mol. The zero-order valence-electron chi connectivity index (χ0n) is 14.4. The number of nitrogens with one attached hydrogen (secondary N) is 2. The van der Waals surface area contributed by atoms with Crippen LogP contribution in [0, 0.1) is 12.3 Å². The maximum atomic E-state index is 12.4. The van der Waals surface area contributed by atoms with Crippen LogP contribution < -0.4 is 10.6 Å². The van der Waals surface area contributed by atoms with E-state index in [-0.39, 0.29) is 11.8 Å². The molecule has 0 saturated carbocycles. The van der Waals surface area contributed by atoms with Crippen molar-refractivity contribution in [2.24, 2.45) is 5.41 Å². The zero-order chi connectivity index (χ0) is 17.6. The first-order chi connectivity index (χ1) is 11.4. The van der Waals surface area contributed by atoms with Gasteiger partial charge < -0.3 is 10.6 Å². The Morgan fingerprint density at radius 3 is 2.00 bits per heavy atom. The van der Waals surface area contributed by atoms with Gasteiger partial charge in [0.1, 0.15) is 5.41 Å². The van der Waals surface area contributed by atoms with Gasteiger partial charge in [-0.25, -0.2) is 0 Å². The van der Waals surface area contributed by atoms with E-state index in [9.17, 15) is 9.59 Å². The number of carbonyl (C=O) groups excluding carboxylic acids is 2. The highest BCUT2D eigenvalue weighted by molar-refractivity contribution is 6.04. The van der Waals surface area contributed by atoms with Gasteiger partial charge in [0.2, 0.25) is 11.8 Å². The fourth-order valence-corrected chi connectivity index (χ4v) is 2.31. The molecule has 4 nitrogen and oxygen atoms in total. The minimum Gasteiger partial charge on any atom is -0.351 e. The lowest BCUT2D eigenvalue weighted by Gasteiger charge is -2.23. The molecular formula is C20H24N2O2. The van der Waals surface area contributed by atoms with Gasteiger partial charge >= 0.3 is 0 Å². The van der Waals surface area contributed by atoms with Crippen molar-refractivity contribution in [1.82, 2.24) is 10.6 Å². The monoisotopic (exact) mass is 324 g/mol. The van der Waals surface area contributed by atoms with Gasteiger partial charge in [-0.3, -0.25) is 9.59 Å². The van der Waals surface area contributed by atoms with Crippen molar-refractivity contribution in [2.75, 3.05) is 0 Å². The number of hydrogen-bond acceptors (Lipinski definition) is 2. The summed E-state index contributed by atoms with van der Waals surface area (Å²) >= 11 is 0. The molecule has 0 bridgehead atoms. The van der Waals surface area contributed by atoms with Gasteiger partial charge in [0.25, 0.3) is 0 Å². The Morgan fingerprint density at radius 2 is 1.38 bits per heavy atom. The van der Waals surface area contributed by atoms with Crippen molar-refractivity contribution in [2.45, 2.75) is 33.9 Å². The molecule has 2 rings (SSSR count). The van der Waals surface area contributed by atoms with Gasteiger partial charge in [-0.2, -0.15) is 0 Å². The highest BCUT2D eigenvalue weighted by Crippen LogP contribution is 2.17. The largest absolute Gasteiger partial charge is 0.351 e. The second-order valence-electron chi connectivity index (χ2n) is 6.40. The Morgan fingerprint density at radius 1 is 0.833 bits per heavy atom. The van der Waals surface area contributed by atoms with Crippen molar-refractivity contribution in [1.29, 1.82) is 0 Å². The lowest BCUT2D eigenvalue weighted by Crippen LogP contribution is -2.47. The van der Waals surface area contributed by atoms with Crippen LogP contribution in [0.25, 0.3) is 0 Å². The lowest BCUT2D eigenvalue weighted by atomic mass is 9.90. The quantitative estimate of drug-likeness (QED) is 0.803. The van der Waals surface area contributed by atoms with E-state index in [1.54, 1.807) is 13.8 Å². The van der Waals surface area contributed by atoms with Crippen LogP contribution in [0.2, 0.25) is 0 Å². The summed E-state index contributed by atoms with van der Waals surface area (Å²) in [5.74, 6) is -0.565. The molecule has 2 aromatic rings. The molecule has 4 heteroatoms. The Bertz CT molecular complexity index is 709.